The highest BCUT2D eigenvalue weighted by Gasteiger charge is 2.11. The molecule has 0 aliphatic rings. The van der Waals surface area contributed by atoms with Gasteiger partial charge < -0.3 is 10.1 Å². The highest BCUT2D eigenvalue weighted by Crippen LogP contribution is 2.21. The van der Waals surface area contributed by atoms with Crippen LogP contribution in [0, 0.1) is 13.8 Å². The van der Waals surface area contributed by atoms with E-state index in [2.05, 4.69) is 15.5 Å². The number of hydrogen-bond donors (Lipinski definition) is 1. The average molecular weight is 277 g/mol. The number of carbonyl (C=O) groups excluding carboxylic acids is 1. The zero-order chi connectivity index (χ0) is 13.8. The molecule has 1 amide bonds. The molecule has 0 fully saturated rings. The third-order valence-corrected chi connectivity index (χ3v) is 3.31. The van der Waals surface area contributed by atoms with Crippen LogP contribution < -0.4 is 10.1 Å². The van der Waals surface area contributed by atoms with E-state index in [9.17, 15) is 4.79 Å². The molecule has 100 valence electrons. The number of aryl methyl sites for hydroxylation is 2. The van der Waals surface area contributed by atoms with Gasteiger partial charge in [0.05, 0.1) is 13.5 Å². The molecule has 0 bridgehead atoms. The fraction of sp³-hybridized carbons (Fsp3) is 0.308. The molecule has 2 rings (SSSR count). The summed E-state index contributed by atoms with van der Waals surface area (Å²) in [7, 11) is 1.60. The van der Waals surface area contributed by atoms with Gasteiger partial charge in [0.25, 0.3) is 0 Å². The van der Waals surface area contributed by atoms with Crippen molar-refractivity contribution < 1.29 is 9.53 Å². The van der Waals surface area contributed by atoms with Crippen molar-refractivity contribution in [3.8, 4) is 5.75 Å². The Morgan fingerprint density at radius 1 is 1.37 bits per heavy atom. The first-order valence-electron chi connectivity index (χ1n) is 5.82. The molecule has 1 aromatic carbocycles. The number of anilines is 1. The highest BCUT2D eigenvalue weighted by atomic mass is 32.1. The molecule has 0 radical (unpaired) electrons. The number of carbonyl (C=O) groups is 1. The first-order valence-corrected chi connectivity index (χ1v) is 6.63. The molecule has 5 nitrogen and oxygen atoms in total. The van der Waals surface area contributed by atoms with Gasteiger partial charge in [-0.3, -0.25) is 4.79 Å². The quantitative estimate of drug-likeness (QED) is 0.931. The Labute approximate surface area is 115 Å². The summed E-state index contributed by atoms with van der Waals surface area (Å²) in [5.74, 6) is 0.592. The van der Waals surface area contributed by atoms with E-state index in [1.165, 1.54) is 11.3 Å². The maximum atomic E-state index is 11.9. The first-order chi connectivity index (χ1) is 9.08. The van der Waals surface area contributed by atoms with E-state index >= 15 is 0 Å². The molecule has 0 saturated carbocycles. The van der Waals surface area contributed by atoms with Crippen LogP contribution in [-0.4, -0.2) is 23.2 Å². The van der Waals surface area contributed by atoms with E-state index in [1.54, 1.807) is 7.11 Å². The van der Waals surface area contributed by atoms with E-state index < -0.39 is 0 Å². The topological polar surface area (TPSA) is 64.1 Å². The Bertz CT molecular complexity index is 595. The molecule has 2 aromatic rings. The summed E-state index contributed by atoms with van der Waals surface area (Å²) < 4.78 is 5.25. The van der Waals surface area contributed by atoms with Gasteiger partial charge in [-0.25, -0.2) is 0 Å². The molecule has 0 aliphatic heterocycles. The van der Waals surface area contributed by atoms with Gasteiger partial charge in [-0.1, -0.05) is 29.0 Å². The number of ether oxygens (including phenoxy) is 1. The van der Waals surface area contributed by atoms with Crippen LogP contribution >= 0.6 is 11.3 Å². The molecule has 19 heavy (non-hydrogen) atoms. The fourth-order valence-electron chi connectivity index (χ4n) is 1.73. The summed E-state index contributed by atoms with van der Waals surface area (Å²) in [6.45, 7) is 3.83. The van der Waals surface area contributed by atoms with Gasteiger partial charge in [0.1, 0.15) is 10.8 Å². The third-order valence-electron chi connectivity index (χ3n) is 2.56. The van der Waals surface area contributed by atoms with Gasteiger partial charge in [0.2, 0.25) is 11.0 Å². The first kappa shape index (κ1) is 13.5. The van der Waals surface area contributed by atoms with Gasteiger partial charge >= 0.3 is 0 Å². The van der Waals surface area contributed by atoms with E-state index in [-0.39, 0.29) is 12.3 Å². The lowest BCUT2D eigenvalue weighted by Gasteiger charge is -2.08. The SMILES string of the molecule is COc1ccc(C)cc1CC(=O)Nc1nnc(C)s1. The maximum absolute atomic E-state index is 11.9. The van der Waals surface area contributed by atoms with Crippen LogP contribution in [0.25, 0.3) is 0 Å². The summed E-state index contributed by atoms with van der Waals surface area (Å²) in [6.07, 6.45) is 0.253. The molecule has 0 unspecified atom stereocenters. The molecule has 0 saturated heterocycles. The molecule has 6 heteroatoms. The molecule has 0 aliphatic carbocycles. The number of amides is 1. The third kappa shape index (κ3) is 3.51. The Morgan fingerprint density at radius 3 is 2.79 bits per heavy atom. The second kappa shape index (κ2) is 5.79. The predicted molar refractivity (Wildman–Crippen MR) is 74.7 cm³/mol. The van der Waals surface area contributed by atoms with Crippen molar-refractivity contribution >= 4 is 22.4 Å². The van der Waals surface area contributed by atoms with Crippen LogP contribution in [-0.2, 0) is 11.2 Å². The predicted octanol–water partition coefficient (Wildman–Crippen LogP) is 2.34. The molecule has 0 atom stereocenters. The number of benzene rings is 1. The molecule has 1 aromatic heterocycles. The summed E-state index contributed by atoms with van der Waals surface area (Å²) in [6, 6.07) is 5.77. The zero-order valence-electron chi connectivity index (χ0n) is 11.1. The molecular formula is C13H15N3O2S. The Balaban J connectivity index is 2.08. The fourth-order valence-corrected chi connectivity index (χ4v) is 2.34. The van der Waals surface area contributed by atoms with Crippen LogP contribution in [0.3, 0.4) is 0 Å². The normalized spacial score (nSPS) is 10.3. The van der Waals surface area contributed by atoms with Crippen molar-refractivity contribution in [3.63, 3.8) is 0 Å². The van der Waals surface area contributed by atoms with Crippen LogP contribution in [0.1, 0.15) is 16.1 Å². The average Bonchev–Trinajstić information content (AvgIpc) is 2.75. The smallest absolute Gasteiger partial charge is 0.230 e. The summed E-state index contributed by atoms with van der Waals surface area (Å²) in [5, 5.41) is 11.8. The molecular weight excluding hydrogens is 262 g/mol. The molecule has 1 N–H and O–H groups in total. The lowest BCUT2D eigenvalue weighted by atomic mass is 10.1. The summed E-state index contributed by atoms with van der Waals surface area (Å²) in [5.41, 5.74) is 1.96. The minimum atomic E-state index is -0.125. The van der Waals surface area contributed by atoms with Crippen molar-refractivity contribution in [2.24, 2.45) is 0 Å². The van der Waals surface area contributed by atoms with Crippen molar-refractivity contribution in [3.05, 3.63) is 34.3 Å². The van der Waals surface area contributed by atoms with Gasteiger partial charge in [0, 0.05) is 5.56 Å². The van der Waals surface area contributed by atoms with E-state index in [1.807, 2.05) is 32.0 Å². The number of nitrogens with zero attached hydrogens (tertiary/aromatic N) is 2. The number of aromatic nitrogens is 2. The van der Waals surface area contributed by atoms with Gasteiger partial charge in [0.15, 0.2) is 0 Å². The lowest BCUT2D eigenvalue weighted by molar-refractivity contribution is -0.115. The van der Waals surface area contributed by atoms with Crippen molar-refractivity contribution in [2.75, 3.05) is 12.4 Å². The van der Waals surface area contributed by atoms with Crippen molar-refractivity contribution in [1.82, 2.24) is 10.2 Å². The van der Waals surface area contributed by atoms with Crippen LogP contribution in [0.5, 0.6) is 5.75 Å². The van der Waals surface area contributed by atoms with Crippen LogP contribution in [0.2, 0.25) is 0 Å². The standard InChI is InChI=1S/C13H15N3O2S/c1-8-4-5-11(18-3)10(6-8)7-12(17)14-13-16-15-9(2)19-13/h4-6H,7H2,1-3H3,(H,14,16,17). The zero-order valence-corrected chi connectivity index (χ0v) is 11.9. The number of rotatable bonds is 4. The largest absolute Gasteiger partial charge is 0.496 e. The monoisotopic (exact) mass is 277 g/mol. The highest BCUT2D eigenvalue weighted by molar-refractivity contribution is 7.15. The number of hydrogen-bond acceptors (Lipinski definition) is 5. The number of methoxy groups -OCH3 is 1. The van der Waals surface area contributed by atoms with Crippen LogP contribution in [0.15, 0.2) is 18.2 Å². The Hall–Kier alpha value is -1.95. The number of nitrogens with one attached hydrogen (secondary N) is 1. The maximum Gasteiger partial charge on any atom is 0.230 e. The Morgan fingerprint density at radius 2 is 2.16 bits per heavy atom. The second-order valence-corrected chi connectivity index (χ2v) is 5.35. The van der Waals surface area contributed by atoms with Crippen molar-refractivity contribution in [2.45, 2.75) is 20.3 Å². The minimum Gasteiger partial charge on any atom is -0.496 e. The lowest BCUT2D eigenvalue weighted by Crippen LogP contribution is -2.14. The van der Waals surface area contributed by atoms with E-state index in [0.717, 1.165) is 16.1 Å². The second-order valence-electron chi connectivity index (χ2n) is 4.17. The Kier molecular flexibility index (Phi) is 4.11. The van der Waals surface area contributed by atoms with Gasteiger partial charge in [-0.2, -0.15) is 0 Å². The molecule has 1 heterocycles. The minimum absolute atomic E-state index is 0.125. The molecule has 0 spiro atoms. The van der Waals surface area contributed by atoms with Gasteiger partial charge in [-0.05, 0) is 19.9 Å². The van der Waals surface area contributed by atoms with Crippen LogP contribution in [0.4, 0.5) is 5.13 Å². The van der Waals surface area contributed by atoms with E-state index in [4.69, 9.17) is 4.74 Å². The van der Waals surface area contributed by atoms with Crippen molar-refractivity contribution in [1.29, 1.82) is 0 Å². The summed E-state index contributed by atoms with van der Waals surface area (Å²) in [4.78, 5) is 11.9. The van der Waals surface area contributed by atoms with E-state index in [0.29, 0.717) is 10.9 Å². The summed E-state index contributed by atoms with van der Waals surface area (Å²) >= 11 is 1.35. The van der Waals surface area contributed by atoms with Gasteiger partial charge in [-0.15, -0.1) is 10.2 Å².